The molecule has 0 saturated carbocycles. The highest BCUT2D eigenvalue weighted by Gasteiger charge is 2.36. The molecular formula is C22H25NO2. The second-order valence-electron chi connectivity index (χ2n) is 7.93. The molecule has 4 rings (SSSR count). The molecule has 1 amide bonds. The van der Waals surface area contributed by atoms with Crippen molar-refractivity contribution in [2.45, 2.75) is 44.9 Å². The molecule has 0 unspecified atom stereocenters. The van der Waals surface area contributed by atoms with E-state index in [0.717, 1.165) is 19.3 Å². The maximum atomic E-state index is 11.4. The van der Waals surface area contributed by atoms with E-state index in [-0.39, 0.29) is 5.41 Å². The molecule has 1 heterocycles. The van der Waals surface area contributed by atoms with Gasteiger partial charge in [0, 0.05) is 13.1 Å². The first kappa shape index (κ1) is 16.2. The zero-order chi connectivity index (χ0) is 17.6. The molecule has 3 nitrogen and oxygen atoms in total. The second-order valence-corrected chi connectivity index (χ2v) is 7.93. The number of hydrogen-bond donors (Lipinski definition) is 1. The van der Waals surface area contributed by atoms with Crippen LogP contribution in [-0.4, -0.2) is 29.2 Å². The molecular weight excluding hydrogens is 310 g/mol. The highest BCUT2D eigenvalue weighted by Crippen LogP contribution is 2.46. The molecule has 2 aromatic carbocycles. The Morgan fingerprint density at radius 3 is 2.48 bits per heavy atom. The van der Waals surface area contributed by atoms with E-state index in [1.54, 1.807) is 4.90 Å². The Labute approximate surface area is 149 Å². The van der Waals surface area contributed by atoms with E-state index in [2.05, 4.69) is 50.2 Å². The van der Waals surface area contributed by atoms with Crippen LogP contribution >= 0.6 is 0 Å². The van der Waals surface area contributed by atoms with Crippen LogP contribution in [0.2, 0.25) is 0 Å². The van der Waals surface area contributed by atoms with Crippen molar-refractivity contribution in [2.75, 3.05) is 13.1 Å². The lowest BCUT2D eigenvalue weighted by molar-refractivity contribution is 0.147. The largest absolute Gasteiger partial charge is 0.465 e. The van der Waals surface area contributed by atoms with Gasteiger partial charge in [-0.3, -0.25) is 0 Å². The van der Waals surface area contributed by atoms with Gasteiger partial charge in [0.05, 0.1) is 0 Å². The average molecular weight is 335 g/mol. The van der Waals surface area contributed by atoms with Crippen molar-refractivity contribution < 1.29 is 9.90 Å². The van der Waals surface area contributed by atoms with Crippen LogP contribution in [0.1, 0.15) is 42.5 Å². The normalized spacial score (nSPS) is 18.4. The van der Waals surface area contributed by atoms with Gasteiger partial charge in [0.25, 0.3) is 0 Å². The molecule has 2 aliphatic rings. The van der Waals surface area contributed by atoms with Gasteiger partial charge in [-0.15, -0.1) is 0 Å². The zero-order valence-corrected chi connectivity index (χ0v) is 15.0. The number of benzene rings is 2. The lowest BCUT2D eigenvalue weighted by Crippen LogP contribution is -2.31. The van der Waals surface area contributed by atoms with Gasteiger partial charge in [-0.2, -0.15) is 0 Å². The fourth-order valence-electron chi connectivity index (χ4n) is 4.65. The molecule has 0 atom stereocenters. The number of hydrogen-bond acceptors (Lipinski definition) is 1. The van der Waals surface area contributed by atoms with Crippen molar-refractivity contribution in [3.63, 3.8) is 0 Å². The van der Waals surface area contributed by atoms with Crippen LogP contribution in [-0.2, 0) is 24.7 Å². The van der Waals surface area contributed by atoms with Crippen LogP contribution in [0.5, 0.6) is 0 Å². The maximum absolute atomic E-state index is 11.4. The Hall–Kier alpha value is -2.29. The third kappa shape index (κ3) is 2.72. The standard InChI is InChI=1S/C22H25NO2/c1-22(2)11-8-18-19(15-6-4-3-5-7-15)14-16-9-12-23(21(24)25)13-10-17(16)20(18)22/h3-7,14H,8-13H2,1-2H3,(H,24,25). The highest BCUT2D eigenvalue weighted by molar-refractivity contribution is 5.73. The summed E-state index contributed by atoms with van der Waals surface area (Å²) in [6.07, 6.45) is 3.13. The summed E-state index contributed by atoms with van der Waals surface area (Å²) in [5.74, 6) is 0. The fraction of sp³-hybridized carbons (Fsp3) is 0.409. The molecule has 1 aliphatic carbocycles. The summed E-state index contributed by atoms with van der Waals surface area (Å²) in [5.41, 5.74) is 8.54. The van der Waals surface area contributed by atoms with Gasteiger partial charge in [0.15, 0.2) is 0 Å². The van der Waals surface area contributed by atoms with E-state index in [0.29, 0.717) is 13.1 Å². The van der Waals surface area contributed by atoms with Crippen LogP contribution in [0.25, 0.3) is 11.1 Å². The molecule has 130 valence electrons. The van der Waals surface area contributed by atoms with Crippen LogP contribution in [0.15, 0.2) is 36.4 Å². The number of nitrogens with zero attached hydrogens (tertiary/aromatic N) is 1. The Kier molecular flexibility index (Phi) is 3.82. The number of amides is 1. The smallest absolute Gasteiger partial charge is 0.407 e. The molecule has 0 fully saturated rings. The predicted octanol–water partition coefficient (Wildman–Crippen LogP) is 4.66. The summed E-state index contributed by atoms with van der Waals surface area (Å²) in [7, 11) is 0. The second kappa shape index (κ2) is 5.91. The van der Waals surface area contributed by atoms with Crippen molar-refractivity contribution in [1.29, 1.82) is 0 Å². The molecule has 2 aromatic rings. The molecule has 3 heteroatoms. The molecule has 0 aromatic heterocycles. The van der Waals surface area contributed by atoms with Crippen molar-refractivity contribution >= 4 is 6.09 Å². The number of carbonyl (C=O) groups is 1. The lowest BCUT2D eigenvalue weighted by atomic mass is 9.79. The summed E-state index contributed by atoms with van der Waals surface area (Å²) in [5, 5.41) is 9.40. The number of rotatable bonds is 1. The van der Waals surface area contributed by atoms with E-state index >= 15 is 0 Å². The van der Waals surface area contributed by atoms with Crippen LogP contribution in [0.3, 0.4) is 0 Å². The van der Waals surface area contributed by atoms with Gasteiger partial charge < -0.3 is 10.0 Å². The Morgan fingerprint density at radius 2 is 1.76 bits per heavy atom. The topological polar surface area (TPSA) is 40.5 Å². The van der Waals surface area contributed by atoms with Crippen molar-refractivity contribution in [1.82, 2.24) is 4.90 Å². The Morgan fingerprint density at radius 1 is 1.04 bits per heavy atom. The quantitative estimate of drug-likeness (QED) is 0.823. The van der Waals surface area contributed by atoms with Crippen molar-refractivity contribution in [3.05, 3.63) is 58.7 Å². The SMILES string of the molecule is CC1(C)CCc2c(-c3ccccc3)cc3c(c21)CCN(C(=O)O)CC3. The van der Waals surface area contributed by atoms with Crippen LogP contribution < -0.4 is 0 Å². The molecule has 25 heavy (non-hydrogen) atoms. The van der Waals surface area contributed by atoms with Crippen molar-refractivity contribution in [3.8, 4) is 11.1 Å². The minimum Gasteiger partial charge on any atom is -0.465 e. The van der Waals surface area contributed by atoms with Gasteiger partial charge in [-0.1, -0.05) is 50.2 Å². The van der Waals surface area contributed by atoms with E-state index in [9.17, 15) is 9.90 Å². The fourth-order valence-corrected chi connectivity index (χ4v) is 4.65. The monoisotopic (exact) mass is 335 g/mol. The minimum atomic E-state index is -0.799. The number of carboxylic acid groups (broad SMARTS) is 1. The van der Waals surface area contributed by atoms with E-state index in [1.165, 1.54) is 39.8 Å². The minimum absolute atomic E-state index is 0.169. The highest BCUT2D eigenvalue weighted by atomic mass is 16.4. The van der Waals surface area contributed by atoms with Gasteiger partial charge in [-0.05, 0) is 64.5 Å². The summed E-state index contributed by atoms with van der Waals surface area (Å²) in [6.45, 7) is 5.88. The summed E-state index contributed by atoms with van der Waals surface area (Å²) in [4.78, 5) is 13.0. The molecule has 0 saturated heterocycles. The molecule has 0 spiro atoms. The zero-order valence-electron chi connectivity index (χ0n) is 15.0. The van der Waals surface area contributed by atoms with E-state index in [4.69, 9.17) is 0 Å². The maximum Gasteiger partial charge on any atom is 0.407 e. The van der Waals surface area contributed by atoms with Gasteiger partial charge in [0.1, 0.15) is 0 Å². The molecule has 0 radical (unpaired) electrons. The lowest BCUT2D eigenvalue weighted by Gasteiger charge is -2.25. The summed E-state index contributed by atoms with van der Waals surface area (Å²) >= 11 is 0. The average Bonchev–Trinajstić information content (AvgIpc) is 2.79. The van der Waals surface area contributed by atoms with E-state index < -0.39 is 6.09 Å². The first-order chi connectivity index (χ1) is 12.0. The van der Waals surface area contributed by atoms with Crippen LogP contribution in [0.4, 0.5) is 4.79 Å². The first-order valence-corrected chi connectivity index (χ1v) is 9.19. The molecule has 0 bridgehead atoms. The number of fused-ring (bicyclic) bond motifs is 3. The summed E-state index contributed by atoms with van der Waals surface area (Å²) in [6, 6.07) is 13.0. The third-order valence-corrected chi connectivity index (χ3v) is 5.95. The van der Waals surface area contributed by atoms with Gasteiger partial charge >= 0.3 is 6.09 Å². The third-order valence-electron chi connectivity index (χ3n) is 5.95. The molecule has 1 aliphatic heterocycles. The summed E-state index contributed by atoms with van der Waals surface area (Å²) < 4.78 is 0. The predicted molar refractivity (Wildman–Crippen MR) is 100 cm³/mol. The molecule has 1 N–H and O–H groups in total. The van der Waals surface area contributed by atoms with Crippen LogP contribution in [0, 0.1) is 0 Å². The van der Waals surface area contributed by atoms with Gasteiger partial charge in [-0.25, -0.2) is 4.79 Å². The first-order valence-electron chi connectivity index (χ1n) is 9.19. The Balaban J connectivity index is 1.89. The van der Waals surface area contributed by atoms with E-state index in [1.807, 2.05) is 0 Å². The van der Waals surface area contributed by atoms with Crippen molar-refractivity contribution in [2.24, 2.45) is 0 Å². The van der Waals surface area contributed by atoms with Gasteiger partial charge in [0.2, 0.25) is 0 Å². The Bertz CT molecular complexity index is 824.